The summed E-state index contributed by atoms with van der Waals surface area (Å²) in [6.45, 7) is 7.27. The van der Waals surface area contributed by atoms with E-state index in [1.54, 1.807) is 7.11 Å². The van der Waals surface area contributed by atoms with E-state index in [2.05, 4.69) is 31.3 Å². The van der Waals surface area contributed by atoms with Crippen LogP contribution in [0, 0.1) is 11.8 Å². The number of benzene rings is 1. The summed E-state index contributed by atoms with van der Waals surface area (Å²) in [5, 5.41) is 4.25. The van der Waals surface area contributed by atoms with Crippen molar-refractivity contribution < 1.29 is 4.74 Å². The first-order valence-electron chi connectivity index (χ1n) is 6.57. The molecule has 1 unspecified atom stereocenters. The van der Waals surface area contributed by atoms with Crippen molar-refractivity contribution in [2.45, 2.75) is 20.3 Å². The Labute approximate surface area is 116 Å². The van der Waals surface area contributed by atoms with Crippen molar-refractivity contribution in [3.05, 3.63) is 34.9 Å². The fraction of sp³-hybridized carbons (Fsp3) is 0.600. The molecule has 0 aliphatic rings. The first-order chi connectivity index (χ1) is 8.63. The maximum absolute atomic E-state index is 5.90. The third-order valence-electron chi connectivity index (χ3n) is 3.24. The molecule has 0 aliphatic carbocycles. The standard InChI is InChI=1S/C15H24ClNO/c1-12(2)14(11-17-8-9-18-3)10-13-4-6-15(16)7-5-13/h4-7,12,14,17H,8-11H2,1-3H3. The number of methoxy groups -OCH3 is 1. The van der Waals surface area contributed by atoms with Gasteiger partial charge >= 0.3 is 0 Å². The highest BCUT2D eigenvalue weighted by atomic mass is 35.5. The topological polar surface area (TPSA) is 21.3 Å². The van der Waals surface area contributed by atoms with Gasteiger partial charge in [-0.25, -0.2) is 0 Å². The summed E-state index contributed by atoms with van der Waals surface area (Å²) in [5.41, 5.74) is 1.35. The Bertz CT molecular complexity index is 324. The lowest BCUT2D eigenvalue weighted by atomic mass is 9.89. The highest BCUT2D eigenvalue weighted by Gasteiger charge is 2.13. The fourth-order valence-electron chi connectivity index (χ4n) is 1.93. The van der Waals surface area contributed by atoms with E-state index in [1.165, 1.54) is 5.56 Å². The fourth-order valence-corrected chi connectivity index (χ4v) is 2.05. The first kappa shape index (κ1) is 15.5. The van der Waals surface area contributed by atoms with E-state index in [0.717, 1.165) is 31.1 Å². The summed E-state index contributed by atoms with van der Waals surface area (Å²) >= 11 is 5.90. The molecule has 0 bridgehead atoms. The molecule has 0 radical (unpaired) electrons. The Hall–Kier alpha value is -0.570. The molecule has 0 saturated heterocycles. The van der Waals surface area contributed by atoms with Crippen molar-refractivity contribution in [1.29, 1.82) is 0 Å². The van der Waals surface area contributed by atoms with E-state index < -0.39 is 0 Å². The van der Waals surface area contributed by atoms with Crippen LogP contribution in [0.15, 0.2) is 24.3 Å². The molecule has 0 aliphatic heterocycles. The molecule has 0 spiro atoms. The number of hydrogen-bond donors (Lipinski definition) is 1. The summed E-state index contributed by atoms with van der Waals surface area (Å²) < 4.78 is 5.04. The van der Waals surface area contributed by atoms with Crippen molar-refractivity contribution in [2.24, 2.45) is 11.8 Å². The number of nitrogens with one attached hydrogen (secondary N) is 1. The van der Waals surface area contributed by atoms with Crippen molar-refractivity contribution in [2.75, 3.05) is 26.8 Å². The van der Waals surface area contributed by atoms with Gasteiger partial charge in [-0.3, -0.25) is 0 Å². The molecule has 1 rings (SSSR count). The van der Waals surface area contributed by atoms with Gasteiger partial charge in [-0.2, -0.15) is 0 Å². The van der Waals surface area contributed by atoms with E-state index in [0.29, 0.717) is 11.8 Å². The van der Waals surface area contributed by atoms with Crippen LogP contribution in [0.2, 0.25) is 5.02 Å². The quantitative estimate of drug-likeness (QED) is 0.731. The van der Waals surface area contributed by atoms with Crippen LogP contribution in [0.4, 0.5) is 0 Å². The molecule has 0 fully saturated rings. The lowest BCUT2D eigenvalue weighted by Gasteiger charge is -2.21. The summed E-state index contributed by atoms with van der Waals surface area (Å²) in [6.07, 6.45) is 1.09. The van der Waals surface area contributed by atoms with Crippen LogP contribution < -0.4 is 5.32 Å². The van der Waals surface area contributed by atoms with Gasteiger partial charge in [-0.05, 0) is 42.5 Å². The average Bonchev–Trinajstić information content (AvgIpc) is 2.35. The van der Waals surface area contributed by atoms with Crippen LogP contribution >= 0.6 is 11.6 Å². The summed E-state index contributed by atoms with van der Waals surface area (Å²) in [7, 11) is 1.73. The minimum Gasteiger partial charge on any atom is -0.383 e. The molecule has 1 N–H and O–H groups in total. The Morgan fingerprint density at radius 2 is 1.89 bits per heavy atom. The predicted molar refractivity (Wildman–Crippen MR) is 78.2 cm³/mol. The molecule has 1 atom stereocenters. The Morgan fingerprint density at radius 1 is 1.22 bits per heavy atom. The maximum Gasteiger partial charge on any atom is 0.0587 e. The molecule has 1 aromatic rings. The number of ether oxygens (including phenoxy) is 1. The van der Waals surface area contributed by atoms with Crippen molar-refractivity contribution in [3.63, 3.8) is 0 Å². The molecular formula is C15H24ClNO. The zero-order valence-corrected chi connectivity index (χ0v) is 12.3. The molecule has 3 heteroatoms. The van der Waals surface area contributed by atoms with E-state index in [1.807, 2.05) is 12.1 Å². The Balaban J connectivity index is 2.44. The van der Waals surface area contributed by atoms with Gasteiger partial charge in [-0.1, -0.05) is 37.6 Å². The first-order valence-corrected chi connectivity index (χ1v) is 6.95. The largest absolute Gasteiger partial charge is 0.383 e. The van der Waals surface area contributed by atoms with Crippen LogP contribution in [-0.2, 0) is 11.2 Å². The van der Waals surface area contributed by atoms with Crippen molar-refractivity contribution >= 4 is 11.6 Å². The van der Waals surface area contributed by atoms with Gasteiger partial charge in [0.25, 0.3) is 0 Å². The molecule has 2 nitrogen and oxygen atoms in total. The predicted octanol–water partition coefficient (Wildman–Crippen LogP) is 3.39. The van der Waals surface area contributed by atoms with Gasteiger partial charge in [0, 0.05) is 18.7 Å². The third-order valence-corrected chi connectivity index (χ3v) is 3.50. The van der Waals surface area contributed by atoms with Crippen LogP contribution in [-0.4, -0.2) is 26.8 Å². The zero-order valence-electron chi connectivity index (χ0n) is 11.6. The molecule has 0 amide bonds. The van der Waals surface area contributed by atoms with Crippen molar-refractivity contribution in [1.82, 2.24) is 5.32 Å². The van der Waals surface area contributed by atoms with Gasteiger partial charge in [0.2, 0.25) is 0 Å². The number of hydrogen-bond acceptors (Lipinski definition) is 2. The second kappa shape index (κ2) is 8.52. The summed E-state index contributed by atoms with van der Waals surface area (Å²) in [5.74, 6) is 1.30. The molecule has 1 aromatic carbocycles. The molecular weight excluding hydrogens is 246 g/mol. The number of halogens is 1. The van der Waals surface area contributed by atoms with Gasteiger partial charge in [0.1, 0.15) is 0 Å². The average molecular weight is 270 g/mol. The lowest BCUT2D eigenvalue weighted by Crippen LogP contribution is -2.30. The second-order valence-electron chi connectivity index (χ2n) is 5.03. The smallest absolute Gasteiger partial charge is 0.0587 e. The summed E-state index contributed by atoms with van der Waals surface area (Å²) in [4.78, 5) is 0. The molecule has 0 saturated carbocycles. The highest BCUT2D eigenvalue weighted by molar-refractivity contribution is 6.30. The van der Waals surface area contributed by atoms with Gasteiger partial charge in [0.15, 0.2) is 0 Å². The van der Waals surface area contributed by atoms with Crippen LogP contribution in [0.1, 0.15) is 19.4 Å². The van der Waals surface area contributed by atoms with Crippen molar-refractivity contribution in [3.8, 4) is 0 Å². The normalized spacial score (nSPS) is 12.9. The van der Waals surface area contributed by atoms with Gasteiger partial charge in [-0.15, -0.1) is 0 Å². The molecule has 0 heterocycles. The van der Waals surface area contributed by atoms with Crippen LogP contribution in [0.3, 0.4) is 0 Å². The second-order valence-corrected chi connectivity index (χ2v) is 5.47. The Kier molecular flexibility index (Phi) is 7.33. The molecule has 102 valence electrons. The SMILES string of the molecule is COCCNCC(Cc1ccc(Cl)cc1)C(C)C. The maximum atomic E-state index is 5.90. The van der Waals surface area contributed by atoms with E-state index in [4.69, 9.17) is 16.3 Å². The van der Waals surface area contributed by atoms with Crippen LogP contribution in [0.5, 0.6) is 0 Å². The highest BCUT2D eigenvalue weighted by Crippen LogP contribution is 2.18. The van der Waals surface area contributed by atoms with E-state index >= 15 is 0 Å². The van der Waals surface area contributed by atoms with Gasteiger partial charge in [0.05, 0.1) is 6.61 Å². The zero-order chi connectivity index (χ0) is 13.4. The van der Waals surface area contributed by atoms with E-state index in [-0.39, 0.29) is 0 Å². The van der Waals surface area contributed by atoms with Gasteiger partial charge < -0.3 is 10.1 Å². The number of rotatable bonds is 8. The lowest BCUT2D eigenvalue weighted by molar-refractivity contribution is 0.196. The molecule has 18 heavy (non-hydrogen) atoms. The van der Waals surface area contributed by atoms with Crippen LogP contribution in [0.25, 0.3) is 0 Å². The monoisotopic (exact) mass is 269 g/mol. The minimum absolute atomic E-state index is 0.642. The minimum atomic E-state index is 0.642. The summed E-state index contributed by atoms with van der Waals surface area (Å²) in [6, 6.07) is 8.17. The Morgan fingerprint density at radius 3 is 2.44 bits per heavy atom. The third kappa shape index (κ3) is 5.85. The van der Waals surface area contributed by atoms with E-state index in [9.17, 15) is 0 Å². The molecule has 0 aromatic heterocycles.